The third kappa shape index (κ3) is 2.58. The lowest BCUT2D eigenvalue weighted by Crippen LogP contribution is -2.53. The van der Waals surface area contributed by atoms with Crippen LogP contribution >= 0.6 is 11.3 Å². The molecule has 3 heterocycles. The largest absolute Gasteiger partial charge is 0.393 e. The van der Waals surface area contributed by atoms with Gasteiger partial charge >= 0.3 is 4.87 Å². The van der Waals surface area contributed by atoms with Gasteiger partial charge in [-0.1, -0.05) is 24.2 Å². The number of aliphatic hydroxyl groups excluding tert-OH is 2. The van der Waals surface area contributed by atoms with E-state index in [2.05, 4.69) is 15.3 Å². The van der Waals surface area contributed by atoms with E-state index in [1.165, 1.54) is 0 Å². The number of aromatic nitrogens is 3. The molecule has 1 aliphatic carbocycles. The zero-order chi connectivity index (χ0) is 18.5. The van der Waals surface area contributed by atoms with Crippen molar-refractivity contribution in [1.29, 1.82) is 0 Å². The molecule has 142 valence electrons. The Morgan fingerprint density at radius 1 is 1.38 bits per heavy atom. The van der Waals surface area contributed by atoms with Crippen molar-refractivity contribution in [3.63, 3.8) is 0 Å². The Bertz CT molecular complexity index is 879. The van der Waals surface area contributed by atoms with Crippen LogP contribution in [0.4, 0.5) is 11.8 Å². The van der Waals surface area contributed by atoms with Crippen LogP contribution in [0.2, 0.25) is 0 Å². The average molecular weight is 383 g/mol. The van der Waals surface area contributed by atoms with Crippen molar-refractivity contribution >= 4 is 33.5 Å². The first-order chi connectivity index (χ1) is 12.4. The van der Waals surface area contributed by atoms with Crippen molar-refractivity contribution in [3.8, 4) is 0 Å². The van der Waals surface area contributed by atoms with E-state index in [0.717, 1.165) is 41.6 Å². The van der Waals surface area contributed by atoms with E-state index < -0.39 is 29.4 Å². The molecule has 2 aromatic rings. The monoisotopic (exact) mass is 383 g/mol. The van der Waals surface area contributed by atoms with Crippen LogP contribution < -0.4 is 15.9 Å². The van der Waals surface area contributed by atoms with Crippen LogP contribution in [0.15, 0.2) is 4.79 Å². The van der Waals surface area contributed by atoms with Gasteiger partial charge in [0.1, 0.15) is 16.9 Å². The Hall–Kier alpha value is -1.79. The van der Waals surface area contributed by atoms with Gasteiger partial charge in [-0.15, -0.1) is 0 Å². The summed E-state index contributed by atoms with van der Waals surface area (Å²) in [4.78, 5) is 20.5. The maximum Gasteiger partial charge on any atom is 0.312 e. The fourth-order valence-electron chi connectivity index (χ4n) is 3.74. The highest BCUT2D eigenvalue weighted by Crippen LogP contribution is 2.36. The first-order valence-corrected chi connectivity index (χ1v) is 9.35. The molecule has 0 unspecified atom stereocenters. The van der Waals surface area contributed by atoms with Gasteiger partial charge in [-0.05, 0) is 12.8 Å². The molecule has 6 N–H and O–H groups in total. The summed E-state index contributed by atoms with van der Waals surface area (Å²) in [6.45, 7) is -0.773. The number of nitrogens with zero attached hydrogens (tertiary/aromatic N) is 3. The number of rotatable bonds is 4. The number of thiazole rings is 1. The van der Waals surface area contributed by atoms with E-state index in [4.69, 9.17) is 10.5 Å². The predicted molar refractivity (Wildman–Crippen MR) is 95.0 cm³/mol. The maximum atomic E-state index is 12.7. The second-order valence-corrected chi connectivity index (χ2v) is 7.68. The quantitative estimate of drug-likeness (QED) is 0.455. The third-order valence-corrected chi connectivity index (χ3v) is 6.03. The summed E-state index contributed by atoms with van der Waals surface area (Å²) in [6, 6.07) is 0.242. The number of ether oxygens (including phenoxy) is 1. The predicted octanol–water partition coefficient (Wildman–Crippen LogP) is -0.813. The van der Waals surface area contributed by atoms with Crippen LogP contribution in [-0.2, 0) is 10.5 Å². The number of aliphatic hydroxyl groups is 3. The second kappa shape index (κ2) is 6.43. The number of anilines is 2. The van der Waals surface area contributed by atoms with E-state index in [1.54, 1.807) is 0 Å². The van der Waals surface area contributed by atoms with Crippen LogP contribution in [0.1, 0.15) is 25.7 Å². The summed E-state index contributed by atoms with van der Waals surface area (Å²) in [5.74, 6) is 0.389. The smallest absolute Gasteiger partial charge is 0.312 e. The van der Waals surface area contributed by atoms with Gasteiger partial charge in [0.2, 0.25) is 11.7 Å². The number of fused-ring (bicyclic) bond motifs is 1. The Balaban J connectivity index is 1.87. The second-order valence-electron chi connectivity index (χ2n) is 6.72. The average Bonchev–Trinajstić information content (AvgIpc) is 3.28. The van der Waals surface area contributed by atoms with E-state index >= 15 is 0 Å². The van der Waals surface area contributed by atoms with Crippen LogP contribution in [0.25, 0.3) is 10.3 Å². The Kier molecular flexibility index (Phi) is 4.35. The number of nitrogens with two attached hydrogens (primary N) is 1. The lowest BCUT2D eigenvalue weighted by atomic mass is 10.0. The van der Waals surface area contributed by atoms with E-state index in [1.807, 2.05) is 0 Å². The molecular formula is C15H21N5O5S. The minimum Gasteiger partial charge on any atom is -0.393 e. The number of nitrogens with one attached hydrogen (secondary N) is 1. The Labute approximate surface area is 152 Å². The first-order valence-electron chi connectivity index (χ1n) is 8.54. The lowest BCUT2D eigenvalue weighted by Gasteiger charge is -2.30. The molecule has 0 spiro atoms. The summed E-state index contributed by atoms with van der Waals surface area (Å²) >= 11 is 0.853. The van der Waals surface area contributed by atoms with Gasteiger partial charge in [-0.3, -0.25) is 4.79 Å². The Morgan fingerprint density at radius 3 is 2.81 bits per heavy atom. The van der Waals surface area contributed by atoms with Gasteiger partial charge in [-0.2, -0.15) is 9.97 Å². The molecule has 0 amide bonds. The van der Waals surface area contributed by atoms with Crippen molar-refractivity contribution < 1.29 is 20.1 Å². The highest BCUT2D eigenvalue weighted by atomic mass is 32.1. The van der Waals surface area contributed by atoms with Crippen molar-refractivity contribution in [3.05, 3.63) is 9.67 Å². The molecule has 26 heavy (non-hydrogen) atoms. The number of hydrogen-bond donors (Lipinski definition) is 5. The summed E-state index contributed by atoms with van der Waals surface area (Å²) < 4.78 is 6.64. The van der Waals surface area contributed by atoms with Crippen molar-refractivity contribution in [2.45, 2.75) is 49.7 Å². The molecular weight excluding hydrogens is 362 g/mol. The summed E-state index contributed by atoms with van der Waals surface area (Å²) in [7, 11) is 0. The molecule has 10 nitrogen and oxygen atoms in total. The number of nitrogen functional groups attached to an aromatic ring is 1. The summed E-state index contributed by atoms with van der Waals surface area (Å²) in [5, 5.41) is 34.1. The van der Waals surface area contributed by atoms with Crippen LogP contribution in [-0.4, -0.2) is 61.3 Å². The van der Waals surface area contributed by atoms with Crippen LogP contribution in [0.5, 0.6) is 0 Å². The summed E-state index contributed by atoms with van der Waals surface area (Å²) in [6.07, 6.45) is 1.71. The molecule has 4 rings (SSSR count). The maximum absolute atomic E-state index is 12.7. The zero-order valence-electron chi connectivity index (χ0n) is 14.0. The highest BCUT2D eigenvalue weighted by Gasteiger charge is 2.53. The SMILES string of the molecule is Nc1nc(NC2CCCC2)c2sc(=O)n([C@@]3(O)[C@@H](O)CO[C@@H]3CO)c2n1. The van der Waals surface area contributed by atoms with Crippen molar-refractivity contribution in [1.82, 2.24) is 14.5 Å². The van der Waals surface area contributed by atoms with Crippen LogP contribution in [0, 0.1) is 0 Å². The molecule has 2 fully saturated rings. The molecule has 2 aromatic heterocycles. The number of hydrogen-bond acceptors (Lipinski definition) is 10. The lowest BCUT2D eigenvalue weighted by molar-refractivity contribution is -0.149. The van der Waals surface area contributed by atoms with Gasteiger partial charge in [-0.25, -0.2) is 4.57 Å². The minimum absolute atomic E-state index is 0.0536. The normalized spacial score (nSPS) is 29.7. The molecule has 1 saturated heterocycles. The minimum atomic E-state index is -2.13. The molecule has 0 aromatic carbocycles. The van der Waals surface area contributed by atoms with E-state index in [-0.39, 0.29) is 24.2 Å². The molecule has 2 aliphatic rings. The van der Waals surface area contributed by atoms with Gasteiger partial charge in [0, 0.05) is 6.04 Å². The van der Waals surface area contributed by atoms with Crippen molar-refractivity contribution in [2.24, 2.45) is 0 Å². The van der Waals surface area contributed by atoms with Gasteiger partial charge in [0.05, 0.1) is 13.2 Å². The van der Waals surface area contributed by atoms with E-state index in [0.29, 0.717) is 10.5 Å². The molecule has 3 atom stereocenters. The molecule has 0 radical (unpaired) electrons. The standard InChI is InChI=1S/C15H21N5O5S/c16-13-18-11(17-7-3-1-2-4-7)10-12(19-13)20(14(23)26-10)15(24)8(22)6-25-9(15)5-21/h7-9,21-22,24H,1-6H2,(H3,16,17,18,19)/t8-,9+,15+/m0/s1. The third-order valence-electron chi connectivity index (χ3n) is 5.09. The fraction of sp³-hybridized carbons (Fsp3) is 0.667. The molecule has 11 heteroatoms. The first kappa shape index (κ1) is 17.6. The topological polar surface area (TPSA) is 156 Å². The van der Waals surface area contributed by atoms with E-state index in [9.17, 15) is 20.1 Å². The molecule has 1 aliphatic heterocycles. The molecule has 1 saturated carbocycles. The molecule has 0 bridgehead atoms. The van der Waals surface area contributed by atoms with Gasteiger partial charge < -0.3 is 31.1 Å². The Morgan fingerprint density at radius 2 is 2.12 bits per heavy atom. The highest BCUT2D eigenvalue weighted by molar-refractivity contribution is 7.17. The van der Waals surface area contributed by atoms with Crippen LogP contribution in [0.3, 0.4) is 0 Å². The fourth-order valence-corrected chi connectivity index (χ4v) is 4.67. The van der Waals surface area contributed by atoms with Gasteiger partial charge in [0.15, 0.2) is 11.5 Å². The van der Waals surface area contributed by atoms with Crippen molar-refractivity contribution in [2.75, 3.05) is 24.3 Å². The zero-order valence-corrected chi connectivity index (χ0v) is 14.8. The summed E-state index contributed by atoms with van der Waals surface area (Å²) in [5.41, 5.74) is 3.80. The van der Waals surface area contributed by atoms with Gasteiger partial charge in [0.25, 0.3) is 0 Å².